The van der Waals surface area contributed by atoms with Crippen LogP contribution in [0.5, 0.6) is 0 Å². The highest BCUT2D eigenvalue weighted by atomic mass is 19.4. The average Bonchev–Trinajstić information content (AvgIpc) is 2.24. The summed E-state index contributed by atoms with van der Waals surface area (Å²) < 4.78 is 41.3. The van der Waals surface area contributed by atoms with Crippen molar-refractivity contribution < 1.29 is 17.9 Å². The molecule has 0 heterocycles. The summed E-state index contributed by atoms with van der Waals surface area (Å²) in [6.07, 6.45) is -3.87. The minimum absolute atomic E-state index is 0.00529. The van der Waals surface area contributed by atoms with Gasteiger partial charge >= 0.3 is 6.18 Å². The third-order valence-corrected chi connectivity index (χ3v) is 2.54. The topological polar surface area (TPSA) is 24.5 Å². The fourth-order valence-electron chi connectivity index (χ4n) is 1.47. The van der Waals surface area contributed by atoms with E-state index in [2.05, 4.69) is 5.32 Å². The van der Waals surface area contributed by atoms with Crippen LogP contribution in [0.15, 0.2) is 0 Å². The highest BCUT2D eigenvalue weighted by molar-refractivity contribution is 4.72. The van der Waals surface area contributed by atoms with E-state index in [1.807, 2.05) is 6.92 Å². The molecule has 17 heavy (non-hydrogen) atoms. The van der Waals surface area contributed by atoms with E-state index in [1.165, 1.54) is 0 Å². The minimum atomic E-state index is -4.09. The molecule has 0 aromatic carbocycles. The van der Waals surface area contributed by atoms with Crippen LogP contribution in [0.4, 0.5) is 13.2 Å². The number of alkyl halides is 3. The lowest BCUT2D eigenvalue weighted by Crippen LogP contribution is -2.44. The summed E-state index contributed by atoms with van der Waals surface area (Å²) in [5.41, 5.74) is 0. The molecule has 0 saturated heterocycles. The van der Waals surface area contributed by atoms with Gasteiger partial charge in [-0.2, -0.15) is 13.2 Å². The lowest BCUT2D eigenvalue weighted by molar-refractivity contribution is -0.138. The third-order valence-electron chi connectivity index (χ3n) is 2.54. The van der Waals surface area contributed by atoms with Gasteiger partial charge in [-0.15, -0.1) is 0 Å². The average molecular weight is 256 g/mol. The number of hydrogen-bond acceptors (Lipinski definition) is 3. The van der Waals surface area contributed by atoms with E-state index in [1.54, 1.807) is 19.1 Å². The van der Waals surface area contributed by atoms with Crippen LogP contribution in [0.1, 0.15) is 19.8 Å². The van der Waals surface area contributed by atoms with E-state index in [0.717, 1.165) is 13.0 Å². The Labute approximate surface area is 101 Å². The smallest absolute Gasteiger partial charge is 0.383 e. The molecule has 1 unspecified atom stereocenters. The molecule has 0 aromatic rings. The van der Waals surface area contributed by atoms with Gasteiger partial charge < -0.3 is 10.1 Å². The molecule has 1 N–H and O–H groups in total. The summed E-state index contributed by atoms with van der Waals surface area (Å²) in [4.78, 5) is 1.69. The van der Waals surface area contributed by atoms with Crippen molar-refractivity contribution >= 4 is 0 Å². The summed E-state index contributed by atoms with van der Waals surface area (Å²) in [6.45, 7) is 4.01. The monoisotopic (exact) mass is 256 g/mol. The maximum absolute atomic E-state index is 12.1. The molecule has 3 nitrogen and oxygen atoms in total. The normalized spacial score (nSPS) is 14.3. The van der Waals surface area contributed by atoms with Crippen LogP contribution in [0, 0.1) is 0 Å². The van der Waals surface area contributed by atoms with Gasteiger partial charge in [0.05, 0.1) is 13.0 Å². The second-order valence-electron chi connectivity index (χ2n) is 4.16. The Morgan fingerprint density at radius 1 is 1.35 bits per heavy atom. The number of halogens is 3. The number of hydrogen-bond donors (Lipinski definition) is 1. The third kappa shape index (κ3) is 9.38. The molecule has 0 aliphatic carbocycles. The lowest BCUT2D eigenvalue weighted by atomic mass is 10.2. The van der Waals surface area contributed by atoms with Crippen molar-refractivity contribution in [1.29, 1.82) is 0 Å². The highest BCUT2D eigenvalue weighted by Gasteiger charge is 2.28. The number of methoxy groups -OCH3 is 1. The first kappa shape index (κ1) is 16.7. The Bertz CT molecular complexity index is 188. The number of likely N-dealkylation sites (N-methyl/N-ethyl adjacent to an activating group) is 1. The predicted octanol–water partition coefficient (Wildman–Crippen LogP) is 1.89. The molecule has 0 spiro atoms. The second-order valence-corrected chi connectivity index (χ2v) is 4.16. The van der Waals surface area contributed by atoms with Crippen molar-refractivity contribution in [3.63, 3.8) is 0 Å². The minimum Gasteiger partial charge on any atom is -0.383 e. The number of nitrogens with one attached hydrogen (secondary N) is 1. The SMILES string of the molecule is CCCNCC(COC)N(C)CCC(F)(F)F. The second kappa shape index (κ2) is 8.72. The van der Waals surface area contributed by atoms with Crippen LogP contribution < -0.4 is 5.32 Å². The van der Waals surface area contributed by atoms with Crippen molar-refractivity contribution in [2.75, 3.05) is 40.4 Å². The Morgan fingerprint density at radius 2 is 2.00 bits per heavy atom. The molecular formula is C11H23F3N2O. The summed E-state index contributed by atoms with van der Waals surface area (Å²) in [6, 6.07) is -0.0195. The molecule has 0 saturated carbocycles. The maximum Gasteiger partial charge on any atom is 0.390 e. The van der Waals surface area contributed by atoms with E-state index in [-0.39, 0.29) is 12.6 Å². The largest absolute Gasteiger partial charge is 0.390 e. The highest BCUT2D eigenvalue weighted by Crippen LogP contribution is 2.19. The fraction of sp³-hybridized carbons (Fsp3) is 1.00. The van der Waals surface area contributed by atoms with Gasteiger partial charge in [0.2, 0.25) is 0 Å². The summed E-state index contributed by atoms with van der Waals surface area (Å²) in [5.74, 6) is 0. The van der Waals surface area contributed by atoms with Gasteiger partial charge in [-0.05, 0) is 20.0 Å². The zero-order chi connectivity index (χ0) is 13.3. The molecule has 1 atom stereocenters. The maximum atomic E-state index is 12.1. The van der Waals surface area contributed by atoms with E-state index >= 15 is 0 Å². The van der Waals surface area contributed by atoms with Crippen LogP contribution in [0.25, 0.3) is 0 Å². The Kier molecular flexibility index (Phi) is 8.55. The zero-order valence-electron chi connectivity index (χ0n) is 10.8. The van der Waals surface area contributed by atoms with Gasteiger partial charge in [0.15, 0.2) is 0 Å². The van der Waals surface area contributed by atoms with Crippen LogP contribution in [0.3, 0.4) is 0 Å². The van der Waals surface area contributed by atoms with Crippen LogP contribution in [-0.4, -0.2) is 57.5 Å². The standard InChI is InChI=1S/C11H23F3N2O/c1-4-6-15-8-10(9-17-3)16(2)7-5-11(12,13)14/h10,15H,4-9H2,1-3H3. The van der Waals surface area contributed by atoms with E-state index < -0.39 is 12.6 Å². The molecule has 0 aliphatic heterocycles. The van der Waals surface area contributed by atoms with Gasteiger partial charge in [0, 0.05) is 26.2 Å². The van der Waals surface area contributed by atoms with Crippen molar-refractivity contribution in [3.05, 3.63) is 0 Å². The number of nitrogens with zero attached hydrogens (tertiary/aromatic N) is 1. The number of rotatable bonds is 9. The molecule has 0 fully saturated rings. The summed E-state index contributed by atoms with van der Waals surface area (Å²) in [5, 5.41) is 3.20. The van der Waals surface area contributed by atoms with Gasteiger partial charge in [0.25, 0.3) is 0 Å². The van der Waals surface area contributed by atoms with Crippen molar-refractivity contribution in [3.8, 4) is 0 Å². The molecule has 0 aromatic heterocycles. The van der Waals surface area contributed by atoms with E-state index in [9.17, 15) is 13.2 Å². The van der Waals surface area contributed by atoms with Crippen molar-refractivity contribution in [2.45, 2.75) is 32.0 Å². The van der Waals surface area contributed by atoms with Gasteiger partial charge in [-0.1, -0.05) is 6.92 Å². The molecule has 104 valence electrons. The van der Waals surface area contributed by atoms with Gasteiger partial charge in [-0.3, -0.25) is 4.90 Å². The first-order valence-electron chi connectivity index (χ1n) is 5.87. The predicted molar refractivity (Wildman–Crippen MR) is 62.1 cm³/mol. The van der Waals surface area contributed by atoms with Crippen LogP contribution in [-0.2, 0) is 4.74 Å². The Morgan fingerprint density at radius 3 is 2.47 bits per heavy atom. The summed E-state index contributed by atoms with van der Waals surface area (Å²) in [7, 11) is 3.26. The van der Waals surface area contributed by atoms with Crippen LogP contribution >= 0.6 is 0 Å². The van der Waals surface area contributed by atoms with Gasteiger partial charge in [-0.25, -0.2) is 0 Å². The molecule has 6 heteroatoms. The van der Waals surface area contributed by atoms with Gasteiger partial charge in [0.1, 0.15) is 0 Å². The van der Waals surface area contributed by atoms with Crippen LogP contribution in [0.2, 0.25) is 0 Å². The Balaban J connectivity index is 4.00. The summed E-state index contributed by atoms with van der Waals surface area (Å²) >= 11 is 0. The fourth-order valence-corrected chi connectivity index (χ4v) is 1.47. The molecule has 0 amide bonds. The Hall–Kier alpha value is -0.330. The lowest BCUT2D eigenvalue weighted by Gasteiger charge is -2.28. The molecule has 0 radical (unpaired) electrons. The quantitative estimate of drug-likeness (QED) is 0.638. The first-order valence-corrected chi connectivity index (χ1v) is 5.87. The molecular weight excluding hydrogens is 233 g/mol. The van der Waals surface area contributed by atoms with Crippen molar-refractivity contribution in [1.82, 2.24) is 10.2 Å². The zero-order valence-corrected chi connectivity index (χ0v) is 10.8. The number of ether oxygens (including phenoxy) is 1. The van der Waals surface area contributed by atoms with E-state index in [4.69, 9.17) is 4.74 Å². The van der Waals surface area contributed by atoms with Crippen molar-refractivity contribution in [2.24, 2.45) is 0 Å². The molecule has 0 bridgehead atoms. The molecule has 0 rings (SSSR count). The molecule has 0 aliphatic rings. The first-order chi connectivity index (χ1) is 7.90. The van der Waals surface area contributed by atoms with E-state index in [0.29, 0.717) is 13.2 Å².